The number of hydrogen-bond acceptors (Lipinski definition) is 6. The number of aromatic nitrogens is 2. The first-order chi connectivity index (χ1) is 10.8. The Kier molecular flexibility index (Phi) is 3.82. The Morgan fingerprint density at radius 3 is 3.05 bits per heavy atom. The maximum absolute atomic E-state index is 5.92. The highest BCUT2D eigenvalue weighted by Crippen LogP contribution is 2.39. The van der Waals surface area contributed by atoms with Crippen molar-refractivity contribution in [3.63, 3.8) is 0 Å². The van der Waals surface area contributed by atoms with Crippen molar-refractivity contribution in [2.75, 3.05) is 6.54 Å². The molecular weight excluding hydrogens is 314 g/mol. The van der Waals surface area contributed by atoms with Gasteiger partial charge in [0.05, 0.1) is 10.9 Å². The molecule has 1 saturated heterocycles. The van der Waals surface area contributed by atoms with Crippen LogP contribution in [0.4, 0.5) is 0 Å². The van der Waals surface area contributed by atoms with Crippen LogP contribution in [0, 0.1) is 0 Å². The summed E-state index contributed by atoms with van der Waals surface area (Å²) in [4.78, 5) is 3.51. The van der Waals surface area contributed by atoms with Gasteiger partial charge in [-0.05, 0) is 60.1 Å². The van der Waals surface area contributed by atoms with E-state index < -0.39 is 0 Å². The van der Waals surface area contributed by atoms with E-state index in [2.05, 4.69) is 38.8 Å². The highest BCUT2D eigenvalue weighted by Gasteiger charge is 2.33. The zero-order chi connectivity index (χ0) is 14.9. The largest absolute Gasteiger partial charge is 0.418 e. The van der Waals surface area contributed by atoms with Crippen molar-refractivity contribution in [2.45, 2.75) is 31.8 Å². The average molecular weight is 331 g/mol. The van der Waals surface area contributed by atoms with E-state index in [0.717, 1.165) is 11.4 Å². The van der Waals surface area contributed by atoms with Crippen LogP contribution in [0.5, 0.6) is 0 Å². The van der Waals surface area contributed by atoms with Gasteiger partial charge in [-0.1, -0.05) is 6.07 Å². The van der Waals surface area contributed by atoms with E-state index in [1.807, 2.05) is 17.5 Å². The molecule has 1 aliphatic rings. The lowest BCUT2D eigenvalue weighted by Gasteiger charge is -2.28. The quantitative estimate of drug-likeness (QED) is 0.691. The standard InChI is InChI=1S/C16H17N3OS2/c1-11(15-17-18-16(20-15)14-5-3-8-22-14)19-7-2-4-13(19)12-6-9-21-10-12/h3,5-6,8-11,13H,2,4,7H2,1H3/t11-,13+/m0/s1. The van der Waals surface area contributed by atoms with E-state index in [4.69, 9.17) is 4.42 Å². The Hall–Kier alpha value is -1.50. The first kappa shape index (κ1) is 14.1. The zero-order valence-corrected chi connectivity index (χ0v) is 13.9. The third-order valence-electron chi connectivity index (χ3n) is 4.25. The molecule has 0 radical (unpaired) electrons. The molecule has 0 N–H and O–H groups in total. The second kappa shape index (κ2) is 5.95. The fraction of sp³-hybridized carbons (Fsp3) is 0.375. The highest BCUT2D eigenvalue weighted by atomic mass is 32.1. The minimum atomic E-state index is 0.147. The molecule has 0 unspecified atom stereocenters. The minimum Gasteiger partial charge on any atom is -0.418 e. The maximum atomic E-state index is 5.92. The average Bonchev–Trinajstić information content (AvgIpc) is 3.35. The van der Waals surface area contributed by atoms with E-state index in [0.29, 0.717) is 17.8 Å². The zero-order valence-electron chi connectivity index (χ0n) is 12.3. The van der Waals surface area contributed by atoms with Crippen molar-refractivity contribution in [1.29, 1.82) is 0 Å². The molecule has 114 valence electrons. The van der Waals surface area contributed by atoms with Gasteiger partial charge >= 0.3 is 0 Å². The molecule has 0 saturated carbocycles. The van der Waals surface area contributed by atoms with E-state index in [-0.39, 0.29) is 6.04 Å². The van der Waals surface area contributed by atoms with Gasteiger partial charge in [0, 0.05) is 6.04 Å². The molecule has 22 heavy (non-hydrogen) atoms. The summed E-state index contributed by atoms with van der Waals surface area (Å²) in [5.41, 5.74) is 1.41. The van der Waals surface area contributed by atoms with Crippen LogP contribution in [-0.4, -0.2) is 21.6 Å². The van der Waals surface area contributed by atoms with Crippen molar-refractivity contribution >= 4 is 22.7 Å². The Morgan fingerprint density at radius 2 is 2.27 bits per heavy atom. The second-order valence-corrected chi connectivity index (χ2v) is 7.28. The van der Waals surface area contributed by atoms with Gasteiger partial charge in [-0.2, -0.15) is 11.3 Å². The summed E-state index contributed by atoms with van der Waals surface area (Å²) in [5, 5.41) is 14.9. The van der Waals surface area contributed by atoms with Gasteiger partial charge in [-0.25, -0.2) is 0 Å². The van der Waals surface area contributed by atoms with Gasteiger partial charge in [0.2, 0.25) is 5.89 Å². The summed E-state index contributed by atoms with van der Waals surface area (Å²) in [6.45, 7) is 3.24. The summed E-state index contributed by atoms with van der Waals surface area (Å²) in [6, 6.07) is 6.86. The molecule has 4 nitrogen and oxygen atoms in total. The minimum absolute atomic E-state index is 0.147. The molecule has 3 aromatic heterocycles. The van der Waals surface area contributed by atoms with Crippen LogP contribution < -0.4 is 0 Å². The number of likely N-dealkylation sites (tertiary alicyclic amines) is 1. The molecule has 2 atom stereocenters. The second-order valence-electron chi connectivity index (χ2n) is 5.55. The van der Waals surface area contributed by atoms with Crippen LogP contribution in [0.1, 0.15) is 43.3 Å². The van der Waals surface area contributed by atoms with E-state index in [1.165, 1.54) is 18.4 Å². The first-order valence-corrected chi connectivity index (χ1v) is 9.30. The van der Waals surface area contributed by atoms with Gasteiger partial charge in [0.15, 0.2) is 0 Å². The summed E-state index contributed by atoms with van der Waals surface area (Å²) in [7, 11) is 0. The van der Waals surface area contributed by atoms with Crippen LogP contribution in [-0.2, 0) is 0 Å². The number of thiophene rings is 2. The van der Waals surface area contributed by atoms with E-state index in [9.17, 15) is 0 Å². The van der Waals surface area contributed by atoms with Crippen LogP contribution in [0.2, 0.25) is 0 Å². The Labute approximate surface area is 137 Å². The van der Waals surface area contributed by atoms with Crippen molar-refractivity contribution in [3.8, 4) is 10.8 Å². The van der Waals surface area contributed by atoms with E-state index in [1.54, 1.807) is 22.7 Å². The predicted molar refractivity (Wildman–Crippen MR) is 89.0 cm³/mol. The SMILES string of the molecule is C[C@@H](c1nnc(-c2cccs2)o1)N1CCC[C@@H]1c1ccsc1. The Bertz CT molecular complexity index is 721. The molecule has 6 heteroatoms. The summed E-state index contributed by atoms with van der Waals surface area (Å²) in [5.74, 6) is 1.34. The molecular formula is C16H17N3OS2. The van der Waals surface area contributed by atoms with Crippen molar-refractivity contribution in [3.05, 3.63) is 45.8 Å². The predicted octanol–water partition coefficient (Wildman–Crippen LogP) is 4.76. The maximum Gasteiger partial charge on any atom is 0.257 e. The van der Waals surface area contributed by atoms with Gasteiger partial charge in [0.1, 0.15) is 0 Å². The van der Waals surface area contributed by atoms with Gasteiger partial charge in [-0.3, -0.25) is 4.90 Å². The Balaban J connectivity index is 1.57. The molecule has 0 aromatic carbocycles. The van der Waals surface area contributed by atoms with Crippen LogP contribution >= 0.6 is 22.7 Å². The van der Waals surface area contributed by atoms with Crippen LogP contribution in [0.3, 0.4) is 0 Å². The van der Waals surface area contributed by atoms with Gasteiger partial charge in [-0.15, -0.1) is 21.5 Å². The fourth-order valence-corrected chi connectivity index (χ4v) is 4.47. The lowest BCUT2D eigenvalue weighted by Crippen LogP contribution is -2.26. The summed E-state index contributed by atoms with van der Waals surface area (Å²) in [6.07, 6.45) is 2.42. The molecule has 3 aromatic rings. The van der Waals surface area contributed by atoms with Crippen molar-refractivity contribution in [2.24, 2.45) is 0 Å². The monoisotopic (exact) mass is 331 g/mol. The molecule has 0 bridgehead atoms. The van der Waals surface area contributed by atoms with Crippen LogP contribution in [0.25, 0.3) is 10.8 Å². The highest BCUT2D eigenvalue weighted by molar-refractivity contribution is 7.13. The van der Waals surface area contributed by atoms with Crippen LogP contribution in [0.15, 0.2) is 38.8 Å². The van der Waals surface area contributed by atoms with Crippen molar-refractivity contribution < 1.29 is 4.42 Å². The molecule has 0 amide bonds. The third-order valence-corrected chi connectivity index (χ3v) is 5.81. The first-order valence-electron chi connectivity index (χ1n) is 7.48. The smallest absolute Gasteiger partial charge is 0.257 e. The lowest BCUT2D eigenvalue weighted by molar-refractivity contribution is 0.169. The fourth-order valence-electron chi connectivity index (χ4n) is 3.12. The number of hydrogen-bond donors (Lipinski definition) is 0. The van der Waals surface area contributed by atoms with Crippen molar-refractivity contribution in [1.82, 2.24) is 15.1 Å². The molecule has 1 fully saturated rings. The lowest BCUT2D eigenvalue weighted by atomic mass is 10.1. The molecule has 4 rings (SSSR count). The summed E-state index contributed by atoms with van der Waals surface area (Å²) >= 11 is 3.39. The summed E-state index contributed by atoms with van der Waals surface area (Å²) < 4.78 is 5.92. The number of nitrogens with zero attached hydrogens (tertiary/aromatic N) is 3. The van der Waals surface area contributed by atoms with Gasteiger partial charge in [0.25, 0.3) is 5.89 Å². The molecule has 1 aliphatic heterocycles. The Morgan fingerprint density at radius 1 is 1.32 bits per heavy atom. The third kappa shape index (κ3) is 2.51. The molecule has 0 spiro atoms. The number of rotatable bonds is 4. The topological polar surface area (TPSA) is 42.2 Å². The normalized spacial score (nSPS) is 20.5. The molecule has 4 heterocycles. The van der Waals surface area contributed by atoms with Gasteiger partial charge < -0.3 is 4.42 Å². The molecule has 0 aliphatic carbocycles. The van der Waals surface area contributed by atoms with E-state index >= 15 is 0 Å².